The number of halogens is 1. The van der Waals surface area contributed by atoms with E-state index in [1.165, 1.54) is 23.3 Å². The topological polar surface area (TPSA) is 100 Å². The van der Waals surface area contributed by atoms with Gasteiger partial charge in [0.2, 0.25) is 0 Å². The third-order valence-electron chi connectivity index (χ3n) is 9.75. The lowest BCUT2D eigenvalue weighted by atomic mass is 9.98. The Kier molecular flexibility index (Phi) is 9.04. The van der Waals surface area contributed by atoms with E-state index in [2.05, 4.69) is 40.9 Å². The van der Waals surface area contributed by atoms with Crippen molar-refractivity contribution in [2.45, 2.75) is 121 Å². The molecular weight excluding hydrogens is 608 g/mol. The quantitative estimate of drug-likeness (QED) is 0.318. The number of ether oxygens (including phenoxy) is 1. The number of likely N-dealkylation sites (tertiary alicyclic amines) is 1. The number of fused-ring (bicyclic) bond motifs is 2. The largest absolute Gasteiger partial charge is 0.444 e. The van der Waals surface area contributed by atoms with Gasteiger partial charge >= 0.3 is 12.1 Å². The molecule has 2 atom stereocenters. The number of rotatable bonds is 5. The number of urea groups is 1. The number of benzene rings is 2. The van der Waals surface area contributed by atoms with Crippen LogP contribution in [0.15, 0.2) is 33.5 Å². The first-order valence-electron chi connectivity index (χ1n) is 16.2. The molecule has 5 rings (SSSR count). The third-order valence-corrected chi connectivity index (χ3v) is 18.0. The Morgan fingerprint density at radius 1 is 1.00 bits per heavy atom. The summed E-state index contributed by atoms with van der Waals surface area (Å²) in [7, 11) is -6.25. The van der Waals surface area contributed by atoms with Gasteiger partial charge in [-0.1, -0.05) is 46.0 Å². The Morgan fingerprint density at radius 3 is 2.18 bits per heavy atom. The van der Waals surface area contributed by atoms with Crippen LogP contribution < -0.4 is 9.70 Å². The van der Waals surface area contributed by atoms with Crippen LogP contribution in [-0.2, 0) is 40.3 Å². The second-order valence-electron chi connectivity index (χ2n) is 15.4. The molecule has 1 fully saturated rings. The number of anilines is 1. The van der Waals surface area contributed by atoms with Gasteiger partial charge in [-0.05, 0) is 111 Å². The second kappa shape index (κ2) is 12.1. The Bertz CT molecular complexity index is 1600. The second-order valence-corrected chi connectivity index (χ2v) is 22.6. The molecule has 11 heteroatoms. The van der Waals surface area contributed by atoms with Gasteiger partial charge in [-0.3, -0.25) is 0 Å². The van der Waals surface area contributed by atoms with Gasteiger partial charge in [0.05, 0.1) is 4.90 Å². The minimum Gasteiger partial charge on any atom is -0.444 e. The van der Waals surface area contributed by atoms with Gasteiger partial charge in [-0.25, -0.2) is 22.6 Å². The summed E-state index contributed by atoms with van der Waals surface area (Å²) >= 11 is 0. The molecule has 2 aromatic carbocycles. The highest BCUT2D eigenvalue weighted by atomic mass is 32.2. The molecule has 2 unspecified atom stereocenters. The highest BCUT2D eigenvalue weighted by molar-refractivity contribution is 7.93. The lowest BCUT2D eigenvalue weighted by Gasteiger charge is -2.38. The first-order valence-corrected chi connectivity index (χ1v) is 20.7. The van der Waals surface area contributed by atoms with E-state index >= 15 is 4.39 Å². The van der Waals surface area contributed by atoms with E-state index in [1.807, 2.05) is 33.9 Å². The molecule has 1 saturated heterocycles. The molecule has 2 aromatic rings. The molecule has 0 saturated carbocycles. The van der Waals surface area contributed by atoms with Crippen molar-refractivity contribution < 1.29 is 22.9 Å². The molecule has 0 bridgehead atoms. The molecule has 0 radical (unpaired) electrons. The number of nitrogens with zero attached hydrogens (tertiary/aromatic N) is 2. The smallest absolute Gasteiger partial charge is 0.410 e. The van der Waals surface area contributed by atoms with Crippen LogP contribution in [0.3, 0.4) is 0 Å². The summed E-state index contributed by atoms with van der Waals surface area (Å²) in [4.78, 5) is 27.8. The lowest BCUT2D eigenvalue weighted by molar-refractivity contribution is 0.0292. The fourth-order valence-electron chi connectivity index (χ4n) is 6.36. The van der Waals surface area contributed by atoms with Crippen molar-refractivity contribution in [2.75, 3.05) is 18.4 Å². The van der Waals surface area contributed by atoms with Crippen LogP contribution in [0, 0.1) is 5.82 Å². The van der Waals surface area contributed by atoms with Crippen molar-refractivity contribution in [3.63, 3.8) is 0 Å². The van der Waals surface area contributed by atoms with Crippen LogP contribution in [0.2, 0.25) is 18.1 Å². The number of carbonyl (C=O) groups excluding carboxylic acids is 2. The predicted molar refractivity (Wildman–Crippen MR) is 180 cm³/mol. The molecule has 1 aliphatic heterocycles. The van der Waals surface area contributed by atoms with Crippen molar-refractivity contribution in [1.82, 2.24) is 9.29 Å². The average molecular weight is 657 g/mol. The Labute approximate surface area is 269 Å². The fraction of sp³-hybridized carbons (Fsp3) is 0.588. The van der Waals surface area contributed by atoms with E-state index in [0.717, 1.165) is 55.3 Å². The summed E-state index contributed by atoms with van der Waals surface area (Å²) in [6.45, 7) is 16.6. The zero-order chi connectivity index (χ0) is 32.9. The number of nitrogens with one attached hydrogen (secondary N) is 2. The molecule has 246 valence electrons. The summed E-state index contributed by atoms with van der Waals surface area (Å²) < 4.78 is 44.0. The SMILES string of the molecule is CC(C)(C)OC(=O)N1CCC(c2ccc(S(=O)(=NC(=O)Nc3c4c(cc5c3CCC5)CCC4)N[Si](C)(C)C(C)(C)C)c(F)c2)C1. The molecule has 3 amide bonds. The Balaban J connectivity index is 1.47. The van der Waals surface area contributed by atoms with E-state index in [0.29, 0.717) is 25.1 Å². The molecule has 0 aromatic heterocycles. The predicted octanol–water partition coefficient (Wildman–Crippen LogP) is 8.10. The van der Waals surface area contributed by atoms with Crippen molar-refractivity contribution in [2.24, 2.45) is 4.36 Å². The maximum atomic E-state index is 16.1. The summed E-state index contributed by atoms with van der Waals surface area (Å²) in [5.41, 5.74) is 5.75. The third kappa shape index (κ3) is 7.15. The number of carbonyl (C=O) groups is 2. The highest BCUT2D eigenvalue weighted by Gasteiger charge is 2.40. The normalized spacial score (nSPS) is 19.6. The number of hydrogen-bond donors (Lipinski definition) is 2. The molecule has 0 spiro atoms. The van der Waals surface area contributed by atoms with Crippen molar-refractivity contribution in [3.05, 3.63) is 57.9 Å². The zero-order valence-electron chi connectivity index (χ0n) is 28.1. The van der Waals surface area contributed by atoms with Gasteiger partial charge in [0, 0.05) is 24.7 Å². The molecule has 3 aliphatic rings. The van der Waals surface area contributed by atoms with Crippen LogP contribution in [0.4, 0.5) is 19.7 Å². The van der Waals surface area contributed by atoms with E-state index in [4.69, 9.17) is 4.74 Å². The number of amides is 3. The monoisotopic (exact) mass is 656 g/mol. The van der Waals surface area contributed by atoms with Crippen LogP contribution >= 0.6 is 0 Å². The Hall–Kier alpha value is -2.76. The minimum absolute atomic E-state index is 0.0898. The molecular formula is C34H49FN4O4SSi. The molecule has 8 nitrogen and oxygen atoms in total. The van der Waals surface area contributed by atoms with Crippen LogP contribution in [-0.4, -0.2) is 48.2 Å². The molecule has 1 heterocycles. The standard InChI is InChI=1S/C34H49FN4O4SSi/c1-33(2,3)43-32(41)39-18-17-25(21-39)22-15-16-29(28(35)20-22)44(42,38-45(7,8)34(4,5)6)37-31(40)36-30-26-13-9-11-23(26)19-24-12-10-14-27(24)30/h15-16,19-20,25H,9-14,17-18,21H2,1-8H3,(H2,36,37,38,40,42). The summed E-state index contributed by atoms with van der Waals surface area (Å²) in [5.74, 6) is -0.773. The van der Waals surface area contributed by atoms with E-state index in [1.54, 1.807) is 11.0 Å². The maximum Gasteiger partial charge on any atom is 0.410 e. The van der Waals surface area contributed by atoms with Crippen LogP contribution in [0.25, 0.3) is 0 Å². The first kappa shape index (κ1) is 33.6. The van der Waals surface area contributed by atoms with Gasteiger partial charge in [-0.2, -0.15) is 0 Å². The average Bonchev–Trinajstić information content (AvgIpc) is 3.67. The molecule has 45 heavy (non-hydrogen) atoms. The highest BCUT2D eigenvalue weighted by Crippen LogP contribution is 2.40. The number of hydrogen-bond acceptors (Lipinski definition) is 4. The van der Waals surface area contributed by atoms with E-state index in [-0.39, 0.29) is 21.9 Å². The Morgan fingerprint density at radius 2 is 1.62 bits per heavy atom. The van der Waals surface area contributed by atoms with Gasteiger partial charge in [0.25, 0.3) is 0 Å². The summed E-state index contributed by atoms with van der Waals surface area (Å²) in [6, 6.07) is 6.19. The van der Waals surface area contributed by atoms with Crippen molar-refractivity contribution in [3.8, 4) is 0 Å². The van der Waals surface area contributed by atoms with Crippen molar-refractivity contribution >= 4 is 36.0 Å². The van der Waals surface area contributed by atoms with Gasteiger partial charge in [-0.15, -0.1) is 4.36 Å². The lowest BCUT2D eigenvalue weighted by Crippen LogP contribution is -2.54. The zero-order valence-corrected chi connectivity index (χ0v) is 29.9. The van der Waals surface area contributed by atoms with Crippen LogP contribution in [0.5, 0.6) is 0 Å². The fourth-order valence-corrected chi connectivity index (χ4v) is 11.9. The minimum atomic E-state index is -3.71. The van der Waals surface area contributed by atoms with Gasteiger partial charge in [0.1, 0.15) is 29.6 Å². The number of aryl methyl sites for hydroxylation is 2. The first-order chi connectivity index (χ1) is 20.9. The van der Waals surface area contributed by atoms with Gasteiger partial charge in [0.15, 0.2) is 0 Å². The summed E-state index contributed by atoms with van der Waals surface area (Å²) in [5, 5.41) is 2.76. The van der Waals surface area contributed by atoms with Crippen LogP contribution in [0.1, 0.15) is 94.5 Å². The molecule has 2 aliphatic carbocycles. The maximum absolute atomic E-state index is 16.1. The van der Waals surface area contributed by atoms with E-state index < -0.39 is 35.6 Å². The molecule has 2 N–H and O–H groups in total. The van der Waals surface area contributed by atoms with Crippen molar-refractivity contribution in [1.29, 1.82) is 0 Å². The van der Waals surface area contributed by atoms with Gasteiger partial charge < -0.3 is 15.0 Å². The van der Waals surface area contributed by atoms with E-state index in [9.17, 15) is 13.8 Å². The summed E-state index contributed by atoms with van der Waals surface area (Å²) in [6.07, 6.45) is 6.10.